The monoisotopic (exact) mass is 536 g/mol. The number of nitrogens with zero attached hydrogens (tertiary/aromatic N) is 1. The van der Waals surface area contributed by atoms with E-state index in [1.807, 2.05) is 6.07 Å². The highest BCUT2D eigenvalue weighted by atomic mass is 32.3. The first-order chi connectivity index (χ1) is 17.5. The lowest BCUT2D eigenvalue weighted by Gasteiger charge is -2.26. The average Bonchev–Trinajstić information content (AvgIpc) is 3.18. The van der Waals surface area contributed by atoms with Crippen molar-refractivity contribution in [2.75, 3.05) is 24.3 Å². The molecule has 0 aliphatic heterocycles. The fourth-order valence-electron chi connectivity index (χ4n) is 4.61. The molecule has 0 bridgehead atoms. The van der Waals surface area contributed by atoms with Crippen molar-refractivity contribution in [1.29, 1.82) is 0 Å². The molecule has 3 aromatic rings. The van der Waals surface area contributed by atoms with E-state index in [0.29, 0.717) is 28.4 Å². The molecule has 1 fully saturated rings. The summed E-state index contributed by atoms with van der Waals surface area (Å²) in [7, 11) is -1.97. The summed E-state index contributed by atoms with van der Waals surface area (Å²) in [5.41, 5.74) is 2.10. The lowest BCUT2D eigenvalue weighted by atomic mass is 9.95. The second kappa shape index (κ2) is 11.1. The number of hydrogen-bond acceptors (Lipinski definition) is 6. The Morgan fingerprint density at radius 2 is 1.86 bits per heavy atom. The number of anilines is 2. The van der Waals surface area contributed by atoms with Gasteiger partial charge in [0.05, 0.1) is 35.4 Å². The highest BCUT2D eigenvalue weighted by Gasteiger charge is 2.30. The number of nitrogens with one attached hydrogen (secondary N) is 2. The summed E-state index contributed by atoms with van der Waals surface area (Å²) in [6, 6.07) is 11.8. The summed E-state index contributed by atoms with van der Waals surface area (Å²) in [6.45, 7) is -1.02. The molecule has 1 heterocycles. The van der Waals surface area contributed by atoms with Gasteiger partial charge in [0.1, 0.15) is 12.3 Å². The van der Waals surface area contributed by atoms with Gasteiger partial charge in [-0.05, 0) is 49.1 Å². The summed E-state index contributed by atoms with van der Waals surface area (Å²) in [4.78, 5) is 0.121. The molecule has 0 amide bonds. The number of nitrogens with two attached hydrogens (primary N) is 1. The molecular weight excluding hydrogens is 505 g/mol. The van der Waals surface area contributed by atoms with Crippen molar-refractivity contribution in [3.05, 3.63) is 48.2 Å². The topological polar surface area (TPSA) is 105 Å². The number of ether oxygens (including phenoxy) is 1. The molecule has 0 unspecified atom stereocenters. The van der Waals surface area contributed by atoms with Gasteiger partial charge in [0.2, 0.25) is 0 Å². The molecule has 11 heteroatoms. The van der Waals surface area contributed by atoms with E-state index >= 15 is 0 Å². The third kappa shape index (κ3) is 6.84. The number of alkyl halides is 3. The van der Waals surface area contributed by atoms with Crippen LogP contribution in [0, 0.1) is 11.8 Å². The Labute approximate surface area is 215 Å². The molecule has 1 saturated carbocycles. The fraction of sp³-hybridized carbons (Fsp3) is 0.385. The summed E-state index contributed by atoms with van der Waals surface area (Å²) in [5, 5.41) is 12.7. The Morgan fingerprint density at radius 1 is 1.11 bits per heavy atom. The zero-order valence-corrected chi connectivity index (χ0v) is 21.3. The van der Waals surface area contributed by atoms with E-state index < -0.39 is 23.5 Å². The predicted octanol–water partition coefficient (Wildman–Crippen LogP) is 6.40. The predicted molar refractivity (Wildman–Crippen MR) is 142 cm³/mol. The van der Waals surface area contributed by atoms with Crippen molar-refractivity contribution in [2.24, 2.45) is 5.14 Å². The van der Waals surface area contributed by atoms with Gasteiger partial charge in [-0.1, -0.05) is 31.2 Å². The van der Waals surface area contributed by atoms with Gasteiger partial charge in [-0.3, -0.25) is 9.11 Å². The Morgan fingerprint density at radius 3 is 2.54 bits per heavy atom. The molecule has 200 valence electrons. The van der Waals surface area contributed by atoms with Crippen LogP contribution in [0.1, 0.15) is 37.8 Å². The van der Waals surface area contributed by atoms with E-state index in [9.17, 15) is 22.3 Å². The van der Waals surface area contributed by atoms with Gasteiger partial charge in [-0.2, -0.15) is 13.2 Å². The Kier molecular flexibility index (Phi) is 8.14. The van der Waals surface area contributed by atoms with Crippen LogP contribution in [0.15, 0.2) is 47.4 Å². The molecule has 7 nitrogen and oxygen atoms in total. The van der Waals surface area contributed by atoms with Gasteiger partial charge >= 0.3 is 6.18 Å². The molecule has 1 aliphatic rings. The number of halogens is 3. The van der Waals surface area contributed by atoms with Crippen LogP contribution in [-0.2, 0) is 6.54 Å². The van der Waals surface area contributed by atoms with Gasteiger partial charge in [0, 0.05) is 23.2 Å². The van der Waals surface area contributed by atoms with Gasteiger partial charge in [0.25, 0.3) is 0 Å². The number of methoxy groups -OCH3 is 1. The number of benzene rings is 2. The van der Waals surface area contributed by atoms with Crippen LogP contribution in [0.2, 0.25) is 0 Å². The van der Waals surface area contributed by atoms with Gasteiger partial charge in [0.15, 0.2) is 0 Å². The summed E-state index contributed by atoms with van der Waals surface area (Å²) < 4.78 is 66.1. The van der Waals surface area contributed by atoms with Gasteiger partial charge in [-0.15, -0.1) is 10.8 Å². The van der Waals surface area contributed by atoms with Crippen LogP contribution in [-0.4, -0.2) is 39.5 Å². The lowest BCUT2D eigenvalue weighted by molar-refractivity contribution is -0.140. The van der Waals surface area contributed by atoms with Crippen LogP contribution in [0.3, 0.4) is 0 Å². The van der Waals surface area contributed by atoms with Crippen molar-refractivity contribution in [2.45, 2.75) is 55.8 Å². The average molecular weight is 537 g/mol. The molecule has 6 N–H and O–H groups in total. The van der Waals surface area contributed by atoms with Crippen molar-refractivity contribution in [3.63, 3.8) is 0 Å². The molecule has 0 spiro atoms. The minimum absolute atomic E-state index is 0.120. The maximum atomic E-state index is 13.5. The summed E-state index contributed by atoms with van der Waals surface area (Å²) in [5.74, 6) is 6.10. The summed E-state index contributed by atoms with van der Waals surface area (Å²) in [6.07, 6.45) is 1.20. The molecule has 0 radical (unpaired) electrons. The molecule has 37 heavy (non-hydrogen) atoms. The normalized spacial score (nSPS) is 15.2. The highest BCUT2D eigenvalue weighted by molar-refractivity contribution is 8.22. The summed E-state index contributed by atoms with van der Waals surface area (Å²) >= 11 is 0. The van der Waals surface area contributed by atoms with E-state index in [2.05, 4.69) is 22.5 Å². The fourth-order valence-corrected chi connectivity index (χ4v) is 5.16. The third-order valence-corrected chi connectivity index (χ3v) is 7.30. The van der Waals surface area contributed by atoms with Crippen LogP contribution >= 0.6 is 10.8 Å². The van der Waals surface area contributed by atoms with Crippen LogP contribution < -0.4 is 20.5 Å². The smallest absolute Gasteiger partial charge is 0.406 e. The Balaban J connectivity index is 1.59. The SMILES string of the molecule is COc1cc(S(N)(O)O)ccc1NCC#Cc1cc2c(NC3CCCCC3)cccc2n1CC(F)(F)F. The van der Waals surface area contributed by atoms with Gasteiger partial charge < -0.3 is 19.9 Å². The number of aromatic nitrogens is 1. The maximum Gasteiger partial charge on any atom is 0.406 e. The van der Waals surface area contributed by atoms with Crippen LogP contribution in [0.4, 0.5) is 24.5 Å². The van der Waals surface area contributed by atoms with E-state index in [1.54, 1.807) is 24.3 Å². The molecule has 1 aromatic heterocycles. The van der Waals surface area contributed by atoms with Crippen molar-refractivity contribution in [3.8, 4) is 17.6 Å². The van der Waals surface area contributed by atoms with E-state index in [4.69, 9.17) is 9.88 Å². The Hall–Kier alpha value is -3.04. The highest BCUT2D eigenvalue weighted by Crippen LogP contribution is 2.43. The number of hydrogen-bond donors (Lipinski definition) is 5. The second-order valence-electron chi connectivity index (χ2n) is 9.06. The van der Waals surface area contributed by atoms with E-state index in [1.165, 1.54) is 30.2 Å². The molecular formula is C26H31F3N4O3S. The van der Waals surface area contributed by atoms with Gasteiger partial charge in [-0.25, -0.2) is 5.14 Å². The molecule has 4 rings (SSSR count). The first-order valence-corrected chi connectivity index (χ1v) is 13.6. The number of fused-ring (bicyclic) bond motifs is 1. The number of rotatable bonds is 7. The molecule has 0 saturated heterocycles. The first kappa shape index (κ1) is 27.0. The quantitative estimate of drug-likeness (QED) is 0.224. The second-order valence-corrected chi connectivity index (χ2v) is 10.7. The Bertz CT molecular complexity index is 1300. The molecule has 0 atom stereocenters. The zero-order chi connectivity index (χ0) is 26.6. The van der Waals surface area contributed by atoms with Crippen molar-refractivity contribution < 1.29 is 27.0 Å². The van der Waals surface area contributed by atoms with E-state index in [0.717, 1.165) is 31.4 Å². The first-order valence-electron chi connectivity index (χ1n) is 12.0. The van der Waals surface area contributed by atoms with Crippen LogP contribution in [0.5, 0.6) is 5.75 Å². The minimum Gasteiger partial charge on any atom is -0.495 e. The largest absolute Gasteiger partial charge is 0.495 e. The standard InChI is InChI=1S/C26H31F3N4O3S/c1-36-25-16-20(37(30,34)35)12-13-23(25)31-14-6-9-19-15-21-22(32-18-7-3-2-4-8-18)10-5-11-24(21)33(19)17-26(27,28)29/h5,10-13,15-16,18,31-32,34-35H,2-4,7-8,14,17,30H2,1H3. The molecule has 1 aliphatic carbocycles. The minimum atomic E-state index is -4.40. The van der Waals surface area contributed by atoms with Crippen molar-refractivity contribution in [1.82, 2.24) is 4.57 Å². The zero-order valence-electron chi connectivity index (χ0n) is 20.4. The molecule has 2 aromatic carbocycles. The van der Waals surface area contributed by atoms with Crippen LogP contribution in [0.25, 0.3) is 10.9 Å². The third-order valence-electron chi connectivity index (χ3n) is 6.35. The maximum absolute atomic E-state index is 13.5. The van der Waals surface area contributed by atoms with Crippen molar-refractivity contribution >= 4 is 33.1 Å². The van der Waals surface area contributed by atoms with E-state index in [-0.39, 0.29) is 17.1 Å². The lowest BCUT2D eigenvalue weighted by Crippen LogP contribution is -2.22.